The SMILES string of the molecule is C=CCCCN1C(=O)C(=O)c2cc(F)cc(C)c21. The van der Waals surface area contributed by atoms with Crippen LogP contribution in [0, 0.1) is 12.7 Å². The van der Waals surface area contributed by atoms with Crippen LogP contribution in [0.15, 0.2) is 24.8 Å². The minimum atomic E-state index is -0.619. The average Bonchev–Trinajstić information content (AvgIpc) is 2.55. The molecular formula is C14H14FNO2. The average molecular weight is 247 g/mol. The molecule has 0 radical (unpaired) electrons. The second kappa shape index (κ2) is 4.72. The van der Waals surface area contributed by atoms with E-state index in [-0.39, 0.29) is 5.56 Å². The molecule has 0 atom stereocenters. The fourth-order valence-electron chi connectivity index (χ4n) is 2.21. The van der Waals surface area contributed by atoms with Gasteiger partial charge in [-0.15, -0.1) is 6.58 Å². The third-order valence-corrected chi connectivity index (χ3v) is 3.01. The summed E-state index contributed by atoms with van der Waals surface area (Å²) in [5.41, 5.74) is 1.34. The Morgan fingerprint density at radius 2 is 2.11 bits per heavy atom. The number of Topliss-reactive ketones (excluding diaryl/α,β-unsaturated/α-hetero) is 1. The predicted octanol–water partition coefficient (Wildman–Crippen LogP) is 2.63. The summed E-state index contributed by atoms with van der Waals surface area (Å²) in [4.78, 5) is 25.1. The van der Waals surface area contributed by atoms with Crippen LogP contribution in [0.5, 0.6) is 0 Å². The number of carbonyl (C=O) groups excluding carboxylic acids is 2. The van der Waals surface area contributed by atoms with Crippen molar-refractivity contribution in [3.8, 4) is 0 Å². The van der Waals surface area contributed by atoms with E-state index in [1.165, 1.54) is 11.0 Å². The van der Waals surface area contributed by atoms with Gasteiger partial charge in [0.2, 0.25) is 0 Å². The van der Waals surface area contributed by atoms with Crippen LogP contribution in [-0.2, 0) is 4.79 Å². The lowest BCUT2D eigenvalue weighted by Gasteiger charge is -2.17. The summed E-state index contributed by atoms with van der Waals surface area (Å²) in [5.74, 6) is -1.67. The van der Waals surface area contributed by atoms with Crippen molar-refractivity contribution in [3.63, 3.8) is 0 Å². The third-order valence-electron chi connectivity index (χ3n) is 3.01. The number of fused-ring (bicyclic) bond motifs is 1. The van der Waals surface area contributed by atoms with E-state index in [0.717, 1.165) is 18.9 Å². The largest absolute Gasteiger partial charge is 0.304 e. The molecule has 1 aromatic rings. The summed E-state index contributed by atoms with van der Waals surface area (Å²) < 4.78 is 13.3. The van der Waals surface area contributed by atoms with Gasteiger partial charge in [0.15, 0.2) is 0 Å². The van der Waals surface area contributed by atoms with Crippen molar-refractivity contribution in [3.05, 3.63) is 41.7 Å². The second-order valence-corrected chi connectivity index (χ2v) is 4.34. The van der Waals surface area contributed by atoms with Gasteiger partial charge in [-0.1, -0.05) is 6.08 Å². The topological polar surface area (TPSA) is 37.4 Å². The monoisotopic (exact) mass is 247 g/mol. The number of allylic oxidation sites excluding steroid dienone is 1. The first-order valence-electron chi connectivity index (χ1n) is 5.83. The lowest BCUT2D eigenvalue weighted by atomic mass is 10.1. The van der Waals surface area contributed by atoms with Crippen molar-refractivity contribution in [1.82, 2.24) is 0 Å². The fourth-order valence-corrected chi connectivity index (χ4v) is 2.21. The summed E-state index contributed by atoms with van der Waals surface area (Å²) in [6, 6.07) is 2.47. The molecule has 0 saturated carbocycles. The molecule has 1 aliphatic heterocycles. The third kappa shape index (κ3) is 1.94. The van der Waals surface area contributed by atoms with Crippen molar-refractivity contribution < 1.29 is 14.0 Å². The molecule has 4 heteroatoms. The molecule has 0 unspecified atom stereocenters. The highest BCUT2D eigenvalue weighted by atomic mass is 19.1. The highest BCUT2D eigenvalue weighted by molar-refractivity contribution is 6.52. The molecular weight excluding hydrogens is 233 g/mol. The number of unbranched alkanes of at least 4 members (excludes halogenated alkanes) is 1. The Morgan fingerprint density at radius 1 is 1.39 bits per heavy atom. The van der Waals surface area contributed by atoms with Gasteiger partial charge in [-0.2, -0.15) is 0 Å². The van der Waals surface area contributed by atoms with E-state index < -0.39 is 17.5 Å². The van der Waals surface area contributed by atoms with Gasteiger partial charge in [0, 0.05) is 6.54 Å². The number of ketones is 1. The van der Waals surface area contributed by atoms with Crippen LogP contribution in [-0.4, -0.2) is 18.2 Å². The van der Waals surface area contributed by atoms with Crippen LogP contribution >= 0.6 is 0 Å². The molecule has 0 saturated heterocycles. The lowest BCUT2D eigenvalue weighted by molar-refractivity contribution is -0.114. The van der Waals surface area contributed by atoms with Gasteiger partial charge in [0.05, 0.1) is 11.3 Å². The molecule has 0 aliphatic carbocycles. The fraction of sp³-hybridized carbons (Fsp3) is 0.286. The molecule has 18 heavy (non-hydrogen) atoms. The molecule has 1 aromatic carbocycles. The van der Waals surface area contributed by atoms with Gasteiger partial charge in [0.25, 0.3) is 11.7 Å². The number of carbonyl (C=O) groups is 2. The summed E-state index contributed by atoms with van der Waals surface area (Å²) in [6.45, 7) is 5.77. The highest BCUT2D eigenvalue weighted by Gasteiger charge is 2.36. The molecule has 1 amide bonds. The second-order valence-electron chi connectivity index (χ2n) is 4.34. The maximum atomic E-state index is 13.3. The summed E-state index contributed by atoms with van der Waals surface area (Å²) in [7, 11) is 0. The van der Waals surface area contributed by atoms with Crippen molar-refractivity contribution >= 4 is 17.4 Å². The molecule has 0 N–H and O–H groups in total. The van der Waals surface area contributed by atoms with E-state index in [4.69, 9.17) is 0 Å². The van der Waals surface area contributed by atoms with E-state index in [2.05, 4.69) is 6.58 Å². The van der Waals surface area contributed by atoms with Gasteiger partial charge in [0.1, 0.15) is 5.82 Å². The number of hydrogen-bond donors (Lipinski definition) is 0. The molecule has 0 bridgehead atoms. The number of aryl methyl sites for hydroxylation is 1. The zero-order valence-corrected chi connectivity index (χ0v) is 10.2. The zero-order chi connectivity index (χ0) is 13.3. The quantitative estimate of drug-likeness (QED) is 0.466. The molecule has 0 spiro atoms. The van der Waals surface area contributed by atoms with Crippen LogP contribution in [0.25, 0.3) is 0 Å². The number of amides is 1. The predicted molar refractivity (Wildman–Crippen MR) is 67.3 cm³/mol. The Morgan fingerprint density at radius 3 is 2.78 bits per heavy atom. The maximum absolute atomic E-state index is 13.3. The molecule has 94 valence electrons. The van der Waals surface area contributed by atoms with E-state index in [1.807, 2.05) is 0 Å². The van der Waals surface area contributed by atoms with Gasteiger partial charge in [-0.25, -0.2) is 4.39 Å². The van der Waals surface area contributed by atoms with Gasteiger partial charge in [-0.05, 0) is 37.5 Å². The van der Waals surface area contributed by atoms with Crippen LogP contribution in [0.2, 0.25) is 0 Å². The highest BCUT2D eigenvalue weighted by Crippen LogP contribution is 2.33. The molecule has 0 aromatic heterocycles. The normalized spacial score (nSPS) is 14.0. The molecule has 0 fully saturated rings. The van der Waals surface area contributed by atoms with Crippen LogP contribution in [0.1, 0.15) is 28.8 Å². The summed E-state index contributed by atoms with van der Waals surface area (Å²) in [6.07, 6.45) is 3.27. The van der Waals surface area contributed by atoms with E-state index in [1.54, 1.807) is 13.0 Å². The molecule has 2 rings (SSSR count). The first-order chi connectivity index (χ1) is 8.56. The first-order valence-corrected chi connectivity index (χ1v) is 5.83. The number of rotatable bonds is 4. The van der Waals surface area contributed by atoms with Crippen molar-refractivity contribution in [2.45, 2.75) is 19.8 Å². The van der Waals surface area contributed by atoms with Crippen molar-refractivity contribution in [1.29, 1.82) is 0 Å². The standard InChI is InChI=1S/C14H14FNO2/c1-3-4-5-6-16-12-9(2)7-10(15)8-11(12)13(17)14(16)18/h3,7-8H,1,4-6H2,2H3. The van der Waals surface area contributed by atoms with Gasteiger partial charge >= 0.3 is 0 Å². The Bertz CT molecular complexity index is 537. The molecule has 3 nitrogen and oxygen atoms in total. The smallest absolute Gasteiger partial charge is 0.299 e. The molecule has 1 heterocycles. The minimum absolute atomic E-state index is 0.177. The number of anilines is 1. The van der Waals surface area contributed by atoms with Gasteiger partial charge in [-0.3, -0.25) is 9.59 Å². The first kappa shape index (κ1) is 12.5. The summed E-state index contributed by atoms with van der Waals surface area (Å²) in [5, 5.41) is 0. The Balaban J connectivity index is 2.38. The van der Waals surface area contributed by atoms with E-state index >= 15 is 0 Å². The summed E-state index contributed by atoms with van der Waals surface area (Å²) >= 11 is 0. The van der Waals surface area contributed by atoms with Crippen molar-refractivity contribution in [2.24, 2.45) is 0 Å². The van der Waals surface area contributed by atoms with Crippen LogP contribution in [0.3, 0.4) is 0 Å². The maximum Gasteiger partial charge on any atom is 0.299 e. The van der Waals surface area contributed by atoms with Gasteiger partial charge < -0.3 is 4.90 Å². The van der Waals surface area contributed by atoms with E-state index in [0.29, 0.717) is 17.8 Å². The zero-order valence-electron chi connectivity index (χ0n) is 10.2. The Hall–Kier alpha value is -1.97. The van der Waals surface area contributed by atoms with Crippen LogP contribution < -0.4 is 4.90 Å². The Labute approximate surface area is 105 Å². The molecule has 1 aliphatic rings. The van der Waals surface area contributed by atoms with E-state index in [9.17, 15) is 14.0 Å². The number of benzene rings is 1. The number of halogens is 1. The number of nitrogens with zero attached hydrogens (tertiary/aromatic N) is 1. The van der Waals surface area contributed by atoms with Crippen LogP contribution in [0.4, 0.5) is 10.1 Å². The van der Waals surface area contributed by atoms with Crippen molar-refractivity contribution in [2.75, 3.05) is 11.4 Å². The minimum Gasteiger partial charge on any atom is -0.304 e. The number of hydrogen-bond acceptors (Lipinski definition) is 2. The Kier molecular flexibility index (Phi) is 3.28. The lowest BCUT2D eigenvalue weighted by Crippen LogP contribution is -2.30.